The zero-order chi connectivity index (χ0) is 14.3. The maximum absolute atomic E-state index is 13.1. The molecule has 1 rings (SSSR count). The molecule has 0 aliphatic heterocycles. The number of hydrogen-bond acceptors (Lipinski definition) is 2. The molecule has 0 aromatic heterocycles. The Morgan fingerprint density at radius 2 is 1.68 bits per heavy atom. The molecule has 2 nitrogen and oxygen atoms in total. The van der Waals surface area contributed by atoms with Crippen molar-refractivity contribution in [1.82, 2.24) is 0 Å². The van der Waals surface area contributed by atoms with Crippen LogP contribution < -0.4 is 10.6 Å². The van der Waals surface area contributed by atoms with Crippen LogP contribution in [-0.4, -0.2) is 13.1 Å². The number of anilines is 2. The molecule has 19 heavy (non-hydrogen) atoms. The largest absolute Gasteiger partial charge is 0.399 e. The third-order valence-corrected chi connectivity index (χ3v) is 3.19. The summed E-state index contributed by atoms with van der Waals surface area (Å²) in [5.41, 5.74) is 6.69. The summed E-state index contributed by atoms with van der Waals surface area (Å²) in [5.74, 6) is 0. The Morgan fingerprint density at radius 1 is 1.11 bits per heavy atom. The SMILES string of the molecule is CCCCN(CCCC)c1ccc(N)cc1C(F)F. The number of nitrogens with zero attached hydrogens (tertiary/aromatic N) is 1. The predicted molar refractivity (Wildman–Crippen MR) is 77.8 cm³/mol. The molecule has 0 saturated carbocycles. The molecule has 1 aromatic rings. The van der Waals surface area contributed by atoms with E-state index in [0.717, 1.165) is 38.8 Å². The lowest BCUT2D eigenvalue weighted by molar-refractivity contribution is 0.152. The van der Waals surface area contributed by atoms with Gasteiger partial charge in [-0.05, 0) is 31.0 Å². The summed E-state index contributed by atoms with van der Waals surface area (Å²) in [6.07, 6.45) is 1.65. The topological polar surface area (TPSA) is 29.3 Å². The number of alkyl halides is 2. The number of rotatable bonds is 8. The van der Waals surface area contributed by atoms with E-state index in [1.54, 1.807) is 12.1 Å². The van der Waals surface area contributed by atoms with Crippen LogP contribution in [0, 0.1) is 0 Å². The molecular formula is C15H24F2N2. The molecule has 0 aliphatic rings. The Kier molecular flexibility index (Phi) is 6.60. The predicted octanol–water partition coefficient (Wildman–Crippen LogP) is 4.61. The molecule has 0 atom stereocenters. The van der Waals surface area contributed by atoms with Crippen LogP contribution in [0.25, 0.3) is 0 Å². The zero-order valence-electron chi connectivity index (χ0n) is 11.8. The highest BCUT2D eigenvalue weighted by atomic mass is 19.3. The summed E-state index contributed by atoms with van der Waals surface area (Å²) in [5, 5.41) is 0. The fourth-order valence-corrected chi connectivity index (χ4v) is 2.09. The molecule has 4 heteroatoms. The van der Waals surface area contributed by atoms with Crippen molar-refractivity contribution in [1.29, 1.82) is 0 Å². The third-order valence-electron chi connectivity index (χ3n) is 3.19. The molecule has 0 fully saturated rings. The highest BCUT2D eigenvalue weighted by Crippen LogP contribution is 2.32. The number of benzene rings is 1. The van der Waals surface area contributed by atoms with Gasteiger partial charge in [0.1, 0.15) is 0 Å². The lowest BCUT2D eigenvalue weighted by atomic mass is 10.1. The Labute approximate surface area is 114 Å². The van der Waals surface area contributed by atoms with Crippen LogP contribution in [0.4, 0.5) is 20.2 Å². The fourth-order valence-electron chi connectivity index (χ4n) is 2.09. The van der Waals surface area contributed by atoms with Crippen molar-refractivity contribution in [2.24, 2.45) is 0 Å². The van der Waals surface area contributed by atoms with E-state index in [-0.39, 0.29) is 5.56 Å². The van der Waals surface area contributed by atoms with Gasteiger partial charge in [0.05, 0.1) is 0 Å². The molecule has 0 saturated heterocycles. The van der Waals surface area contributed by atoms with Crippen molar-refractivity contribution in [3.63, 3.8) is 0 Å². The van der Waals surface area contributed by atoms with Gasteiger partial charge in [0.25, 0.3) is 6.43 Å². The second kappa shape index (κ2) is 7.97. The van der Waals surface area contributed by atoms with Crippen LogP contribution in [0.3, 0.4) is 0 Å². The van der Waals surface area contributed by atoms with E-state index in [1.807, 2.05) is 0 Å². The lowest BCUT2D eigenvalue weighted by Crippen LogP contribution is -2.26. The first-order valence-electron chi connectivity index (χ1n) is 7.02. The van der Waals surface area contributed by atoms with E-state index in [9.17, 15) is 8.78 Å². The van der Waals surface area contributed by atoms with E-state index in [0.29, 0.717) is 11.4 Å². The first-order valence-corrected chi connectivity index (χ1v) is 7.02. The van der Waals surface area contributed by atoms with E-state index in [2.05, 4.69) is 18.7 Å². The lowest BCUT2D eigenvalue weighted by Gasteiger charge is -2.27. The molecular weight excluding hydrogens is 246 g/mol. The van der Waals surface area contributed by atoms with Gasteiger partial charge in [-0.1, -0.05) is 26.7 Å². The molecule has 1 aromatic carbocycles. The average molecular weight is 270 g/mol. The highest BCUT2D eigenvalue weighted by molar-refractivity contribution is 5.60. The van der Waals surface area contributed by atoms with Crippen LogP contribution in [0.15, 0.2) is 18.2 Å². The smallest absolute Gasteiger partial charge is 0.265 e. The normalized spacial score (nSPS) is 11.0. The molecule has 2 N–H and O–H groups in total. The van der Waals surface area contributed by atoms with Gasteiger partial charge in [0.15, 0.2) is 0 Å². The van der Waals surface area contributed by atoms with E-state index in [1.165, 1.54) is 6.07 Å². The second-order valence-electron chi connectivity index (χ2n) is 4.81. The maximum Gasteiger partial charge on any atom is 0.265 e. The Morgan fingerprint density at radius 3 is 2.16 bits per heavy atom. The highest BCUT2D eigenvalue weighted by Gasteiger charge is 2.17. The summed E-state index contributed by atoms with van der Waals surface area (Å²) < 4.78 is 26.3. The number of nitrogen functional groups attached to an aromatic ring is 1. The molecule has 0 heterocycles. The summed E-state index contributed by atoms with van der Waals surface area (Å²) >= 11 is 0. The van der Waals surface area contributed by atoms with Crippen LogP contribution >= 0.6 is 0 Å². The van der Waals surface area contributed by atoms with E-state index < -0.39 is 6.43 Å². The number of hydrogen-bond donors (Lipinski definition) is 1. The molecule has 108 valence electrons. The Hall–Kier alpha value is -1.32. The Balaban J connectivity index is 2.98. The number of nitrogens with two attached hydrogens (primary N) is 1. The summed E-state index contributed by atoms with van der Waals surface area (Å²) in [4.78, 5) is 2.06. The van der Waals surface area contributed by atoms with Crippen LogP contribution in [0.5, 0.6) is 0 Å². The fraction of sp³-hybridized carbons (Fsp3) is 0.600. The third kappa shape index (κ3) is 4.69. The average Bonchev–Trinajstić information content (AvgIpc) is 2.39. The van der Waals surface area contributed by atoms with Crippen molar-refractivity contribution >= 4 is 11.4 Å². The molecule has 0 unspecified atom stereocenters. The summed E-state index contributed by atoms with van der Waals surface area (Å²) in [6.45, 7) is 5.85. The van der Waals surface area contributed by atoms with E-state index in [4.69, 9.17) is 5.73 Å². The van der Waals surface area contributed by atoms with Crippen LogP contribution in [0.1, 0.15) is 51.5 Å². The van der Waals surface area contributed by atoms with Gasteiger partial charge >= 0.3 is 0 Å². The monoisotopic (exact) mass is 270 g/mol. The minimum atomic E-state index is -2.48. The van der Waals surface area contributed by atoms with Gasteiger partial charge in [-0.2, -0.15) is 0 Å². The van der Waals surface area contributed by atoms with Gasteiger partial charge in [-0.25, -0.2) is 8.78 Å². The van der Waals surface area contributed by atoms with Crippen molar-refractivity contribution in [3.8, 4) is 0 Å². The van der Waals surface area contributed by atoms with Gasteiger partial charge in [0.2, 0.25) is 0 Å². The van der Waals surface area contributed by atoms with Gasteiger partial charge in [-0.15, -0.1) is 0 Å². The van der Waals surface area contributed by atoms with Crippen LogP contribution in [-0.2, 0) is 0 Å². The number of unbranched alkanes of at least 4 members (excludes halogenated alkanes) is 2. The second-order valence-corrected chi connectivity index (χ2v) is 4.81. The minimum Gasteiger partial charge on any atom is -0.399 e. The van der Waals surface area contributed by atoms with Crippen molar-refractivity contribution < 1.29 is 8.78 Å². The molecule has 0 aliphatic carbocycles. The molecule has 0 amide bonds. The summed E-state index contributed by atoms with van der Waals surface area (Å²) in [6, 6.07) is 4.82. The number of halogens is 2. The molecule has 0 bridgehead atoms. The van der Waals surface area contributed by atoms with Gasteiger partial charge in [0, 0.05) is 30.0 Å². The van der Waals surface area contributed by atoms with Gasteiger partial charge in [-0.3, -0.25) is 0 Å². The first kappa shape index (κ1) is 15.7. The first-order chi connectivity index (χ1) is 9.10. The van der Waals surface area contributed by atoms with Crippen LogP contribution in [0.2, 0.25) is 0 Å². The zero-order valence-corrected chi connectivity index (χ0v) is 11.8. The minimum absolute atomic E-state index is 0.0483. The van der Waals surface area contributed by atoms with Crippen molar-refractivity contribution in [2.45, 2.75) is 46.0 Å². The van der Waals surface area contributed by atoms with Gasteiger partial charge < -0.3 is 10.6 Å². The van der Waals surface area contributed by atoms with E-state index >= 15 is 0 Å². The summed E-state index contributed by atoms with van der Waals surface area (Å²) in [7, 11) is 0. The molecule has 0 spiro atoms. The van der Waals surface area contributed by atoms with Crippen molar-refractivity contribution in [3.05, 3.63) is 23.8 Å². The standard InChI is InChI=1S/C15H24F2N2/c1-3-5-9-19(10-6-4-2)14-8-7-12(18)11-13(14)15(16)17/h7-8,11,15H,3-6,9-10,18H2,1-2H3. The molecule has 0 radical (unpaired) electrons. The quantitative estimate of drug-likeness (QED) is 0.699. The maximum atomic E-state index is 13.1. The van der Waals surface area contributed by atoms with Crippen molar-refractivity contribution in [2.75, 3.05) is 23.7 Å². The Bertz CT molecular complexity index is 372.